The van der Waals surface area contributed by atoms with Gasteiger partial charge >= 0.3 is 0 Å². The van der Waals surface area contributed by atoms with Gasteiger partial charge in [0.25, 0.3) is 5.91 Å². The minimum atomic E-state index is -1.22. The Balaban J connectivity index is 1.75. The summed E-state index contributed by atoms with van der Waals surface area (Å²) >= 11 is 0. The number of hydrogen-bond acceptors (Lipinski definition) is 5. The zero-order chi connectivity index (χ0) is 19.4. The number of carbonyl (C=O) groups excluding carboxylic acids is 1. The molecule has 8 heteroatoms. The molecule has 2 aromatic carbocycles. The van der Waals surface area contributed by atoms with E-state index in [0.717, 1.165) is 17.7 Å². The number of nitrogens with zero attached hydrogens (tertiary/aromatic N) is 1. The highest BCUT2D eigenvalue weighted by Gasteiger charge is 2.19. The molecule has 0 bridgehead atoms. The molecule has 0 radical (unpaired) electrons. The van der Waals surface area contributed by atoms with Crippen molar-refractivity contribution in [3.05, 3.63) is 65.4 Å². The maximum Gasteiger partial charge on any atom is 0.254 e. The van der Waals surface area contributed by atoms with E-state index in [4.69, 9.17) is 19.7 Å². The van der Waals surface area contributed by atoms with Crippen LogP contribution in [0, 0.1) is 11.6 Å². The van der Waals surface area contributed by atoms with Crippen LogP contribution in [-0.2, 0) is 6.61 Å². The molecule has 2 N–H and O–H groups in total. The standard InChI is InChI=1S/C19H16F2N2O4/c1-2-25-12-5-3-4-11(8-12)15-9-13(27-23-15)10-26-16-7-6-14(20)17(18(16)21)19(22)24/h3-9H,2,10H2,1H3,(H2,22,24). The highest BCUT2D eigenvalue weighted by atomic mass is 19.1. The van der Waals surface area contributed by atoms with Gasteiger partial charge in [-0.15, -0.1) is 0 Å². The van der Waals surface area contributed by atoms with Gasteiger partial charge < -0.3 is 19.7 Å². The van der Waals surface area contributed by atoms with Crippen molar-refractivity contribution in [3.8, 4) is 22.8 Å². The summed E-state index contributed by atoms with van der Waals surface area (Å²) in [5, 5.41) is 3.94. The Bertz CT molecular complexity index is 972. The van der Waals surface area contributed by atoms with Crippen molar-refractivity contribution in [2.75, 3.05) is 6.61 Å². The van der Waals surface area contributed by atoms with Crippen molar-refractivity contribution < 1.29 is 27.6 Å². The zero-order valence-corrected chi connectivity index (χ0v) is 14.4. The molecule has 6 nitrogen and oxygen atoms in total. The third kappa shape index (κ3) is 4.05. The van der Waals surface area contributed by atoms with Gasteiger partial charge in [-0.05, 0) is 31.2 Å². The third-order valence-corrected chi connectivity index (χ3v) is 3.67. The van der Waals surface area contributed by atoms with Crippen molar-refractivity contribution in [2.45, 2.75) is 13.5 Å². The van der Waals surface area contributed by atoms with E-state index in [9.17, 15) is 13.6 Å². The highest BCUT2D eigenvalue weighted by molar-refractivity contribution is 5.93. The van der Waals surface area contributed by atoms with Crippen LogP contribution in [0.3, 0.4) is 0 Å². The lowest BCUT2D eigenvalue weighted by Crippen LogP contribution is -2.16. The van der Waals surface area contributed by atoms with Gasteiger partial charge in [0.1, 0.15) is 29.4 Å². The van der Waals surface area contributed by atoms with E-state index >= 15 is 0 Å². The molecule has 0 unspecified atom stereocenters. The summed E-state index contributed by atoms with van der Waals surface area (Å²) in [5.74, 6) is -2.73. The number of benzene rings is 2. The first kappa shape index (κ1) is 18.4. The number of halogens is 2. The number of carbonyl (C=O) groups is 1. The van der Waals surface area contributed by atoms with Crippen LogP contribution in [-0.4, -0.2) is 17.7 Å². The monoisotopic (exact) mass is 374 g/mol. The molecular formula is C19H16F2N2O4. The molecule has 3 aromatic rings. The number of rotatable bonds is 7. The maximum atomic E-state index is 14.1. The first-order chi connectivity index (χ1) is 13.0. The van der Waals surface area contributed by atoms with E-state index in [2.05, 4.69) is 5.16 Å². The fraction of sp³-hybridized carbons (Fsp3) is 0.158. The van der Waals surface area contributed by atoms with Gasteiger partial charge in [-0.25, -0.2) is 8.78 Å². The van der Waals surface area contributed by atoms with Crippen molar-refractivity contribution >= 4 is 5.91 Å². The van der Waals surface area contributed by atoms with Crippen LogP contribution in [0.4, 0.5) is 8.78 Å². The summed E-state index contributed by atoms with van der Waals surface area (Å²) < 4.78 is 43.5. The van der Waals surface area contributed by atoms with Crippen LogP contribution >= 0.6 is 0 Å². The quantitative estimate of drug-likeness (QED) is 0.681. The molecule has 0 aliphatic heterocycles. The van der Waals surface area contributed by atoms with E-state index in [-0.39, 0.29) is 12.4 Å². The van der Waals surface area contributed by atoms with Crippen LogP contribution < -0.4 is 15.2 Å². The molecule has 0 spiro atoms. The molecule has 0 saturated heterocycles. The highest BCUT2D eigenvalue weighted by Crippen LogP contribution is 2.26. The minimum Gasteiger partial charge on any atom is -0.494 e. The third-order valence-electron chi connectivity index (χ3n) is 3.67. The molecule has 1 aromatic heterocycles. The SMILES string of the molecule is CCOc1cccc(-c2cc(COc3ccc(F)c(C(N)=O)c3F)on2)c1. The van der Waals surface area contributed by atoms with Crippen molar-refractivity contribution in [1.29, 1.82) is 0 Å². The molecule has 1 heterocycles. The summed E-state index contributed by atoms with van der Waals surface area (Å²) in [6.07, 6.45) is 0. The zero-order valence-electron chi connectivity index (χ0n) is 14.4. The van der Waals surface area contributed by atoms with Gasteiger partial charge in [0.2, 0.25) is 0 Å². The first-order valence-corrected chi connectivity index (χ1v) is 8.09. The Morgan fingerprint density at radius 1 is 1.19 bits per heavy atom. The van der Waals surface area contributed by atoms with Crippen LogP contribution in [0.1, 0.15) is 23.0 Å². The van der Waals surface area contributed by atoms with E-state index in [0.29, 0.717) is 23.8 Å². The molecule has 0 aliphatic carbocycles. The maximum absolute atomic E-state index is 14.1. The van der Waals surface area contributed by atoms with Gasteiger partial charge in [-0.3, -0.25) is 4.79 Å². The summed E-state index contributed by atoms with van der Waals surface area (Å²) in [6.45, 7) is 2.26. The molecule has 0 atom stereocenters. The predicted octanol–water partition coefficient (Wildman–Crippen LogP) is 3.70. The van der Waals surface area contributed by atoms with Gasteiger partial charge in [-0.2, -0.15) is 0 Å². The molecule has 140 valence electrons. The molecule has 0 fully saturated rings. The molecule has 0 aliphatic rings. The van der Waals surface area contributed by atoms with Crippen molar-refractivity contribution in [2.24, 2.45) is 5.73 Å². The number of nitrogens with two attached hydrogens (primary N) is 1. The summed E-state index contributed by atoms with van der Waals surface area (Å²) in [6, 6.07) is 10.9. The van der Waals surface area contributed by atoms with Gasteiger partial charge in [-0.1, -0.05) is 17.3 Å². The van der Waals surface area contributed by atoms with Crippen LogP contribution in [0.5, 0.6) is 11.5 Å². The van der Waals surface area contributed by atoms with Crippen molar-refractivity contribution in [3.63, 3.8) is 0 Å². The Labute approximate surface area is 153 Å². The second-order valence-electron chi connectivity index (χ2n) is 5.53. The lowest BCUT2D eigenvalue weighted by Gasteiger charge is -2.08. The topological polar surface area (TPSA) is 87.6 Å². The van der Waals surface area contributed by atoms with E-state index in [1.54, 1.807) is 6.07 Å². The smallest absolute Gasteiger partial charge is 0.254 e. The average molecular weight is 374 g/mol. The predicted molar refractivity (Wildman–Crippen MR) is 92.3 cm³/mol. The number of hydrogen-bond donors (Lipinski definition) is 1. The Morgan fingerprint density at radius 3 is 2.74 bits per heavy atom. The molecule has 1 amide bonds. The lowest BCUT2D eigenvalue weighted by molar-refractivity contribution is 0.0991. The Kier molecular flexibility index (Phi) is 5.35. The second kappa shape index (κ2) is 7.86. The van der Waals surface area contributed by atoms with E-state index in [1.807, 2.05) is 31.2 Å². The summed E-state index contributed by atoms with van der Waals surface area (Å²) in [7, 11) is 0. The minimum absolute atomic E-state index is 0.168. The van der Waals surface area contributed by atoms with Gasteiger partial charge in [0.05, 0.1) is 6.61 Å². The van der Waals surface area contributed by atoms with E-state index < -0.39 is 23.1 Å². The number of amides is 1. The molecular weight excluding hydrogens is 358 g/mol. The average Bonchev–Trinajstić information content (AvgIpc) is 3.10. The first-order valence-electron chi connectivity index (χ1n) is 8.09. The largest absolute Gasteiger partial charge is 0.494 e. The molecule has 0 saturated carbocycles. The van der Waals surface area contributed by atoms with Crippen LogP contribution in [0.15, 0.2) is 47.0 Å². The number of primary amides is 1. The van der Waals surface area contributed by atoms with Crippen LogP contribution in [0.2, 0.25) is 0 Å². The lowest BCUT2D eigenvalue weighted by atomic mass is 10.1. The van der Waals surface area contributed by atoms with Gasteiger partial charge in [0.15, 0.2) is 17.3 Å². The van der Waals surface area contributed by atoms with Crippen molar-refractivity contribution in [1.82, 2.24) is 5.16 Å². The second-order valence-corrected chi connectivity index (χ2v) is 5.53. The summed E-state index contributed by atoms with van der Waals surface area (Å²) in [5.41, 5.74) is 5.46. The molecule has 27 heavy (non-hydrogen) atoms. The summed E-state index contributed by atoms with van der Waals surface area (Å²) in [4.78, 5) is 11.2. The van der Waals surface area contributed by atoms with Crippen LogP contribution in [0.25, 0.3) is 11.3 Å². The number of ether oxygens (including phenoxy) is 2. The number of aromatic nitrogens is 1. The fourth-order valence-electron chi connectivity index (χ4n) is 2.45. The fourth-order valence-corrected chi connectivity index (χ4v) is 2.45. The van der Waals surface area contributed by atoms with Gasteiger partial charge in [0, 0.05) is 11.6 Å². The Hall–Kier alpha value is -3.42. The molecule has 3 rings (SSSR count). The normalized spacial score (nSPS) is 10.6. The van der Waals surface area contributed by atoms with E-state index in [1.165, 1.54) is 0 Å². The Morgan fingerprint density at radius 2 is 2.00 bits per heavy atom.